The molecule has 1 nitrogen and oxygen atoms in total. The van der Waals surface area contributed by atoms with Crippen LogP contribution in [-0.2, 0) is 0 Å². The van der Waals surface area contributed by atoms with Crippen LogP contribution in [0.25, 0.3) is 0 Å². The molecule has 1 saturated carbocycles. The normalized spacial score (nSPS) is 36.8. The van der Waals surface area contributed by atoms with Crippen molar-refractivity contribution >= 4 is 0 Å². The zero-order valence-corrected chi connectivity index (χ0v) is 8.47. The van der Waals surface area contributed by atoms with Gasteiger partial charge in [-0.15, -0.1) is 0 Å². The Hall–Kier alpha value is -0.0400. The van der Waals surface area contributed by atoms with E-state index in [2.05, 4.69) is 6.92 Å². The highest BCUT2D eigenvalue weighted by molar-refractivity contribution is 4.85. The number of rotatable bonds is 3. The Morgan fingerprint density at radius 1 is 1.42 bits per heavy atom. The summed E-state index contributed by atoms with van der Waals surface area (Å²) in [6.45, 7) is 4.24. The van der Waals surface area contributed by atoms with Crippen molar-refractivity contribution in [3.8, 4) is 0 Å². The van der Waals surface area contributed by atoms with Gasteiger partial charge in [-0.2, -0.15) is 0 Å². The molecule has 0 aromatic heterocycles. The fourth-order valence-corrected chi connectivity index (χ4v) is 2.29. The quantitative estimate of drug-likeness (QED) is 0.690. The topological polar surface area (TPSA) is 20.2 Å². The zero-order chi connectivity index (χ0) is 9.03. The predicted octanol–water partition coefficient (Wildman–Crippen LogP) is 3.12. The second-order valence-electron chi connectivity index (χ2n) is 4.44. The second kappa shape index (κ2) is 4.27. The van der Waals surface area contributed by atoms with Gasteiger partial charge in [0.05, 0.1) is 5.60 Å². The summed E-state index contributed by atoms with van der Waals surface area (Å²) in [5.74, 6) is 0.575. The zero-order valence-electron chi connectivity index (χ0n) is 8.47. The minimum atomic E-state index is -0.354. The van der Waals surface area contributed by atoms with Crippen LogP contribution in [-0.4, -0.2) is 10.7 Å². The van der Waals surface area contributed by atoms with E-state index in [1.807, 2.05) is 6.92 Å². The molecule has 0 aliphatic heterocycles. The van der Waals surface area contributed by atoms with Gasteiger partial charge in [-0.3, -0.25) is 0 Å². The Bertz CT molecular complexity index is 129. The summed E-state index contributed by atoms with van der Waals surface area (Å²) in [6, 6.07) is 0. The molecule has 0 saturated heterocycles. The molecule has 0 bridgehead atoms. The van der Waals surface area contributed by atoms with Gasteiger partial charge in [-0.1, -0.05) is 32.6 Å². The third kappa shape index (κ3) is 2.48. The van der Waals surface area contributed by atoms with Crippen molar-refractivity contribution in [2.45, 2.75) is 64.4 Å². The molecular weight excluding hydrogens is 148 g/mol. The Morgan fingerprint density at radius 3 is 2.75 bits per heavy atom. The molecule has 1 heteroatoms. The molecule has 1 aliphatic carbocycles. The maximum absolute atomic E-state index is 10.1. The van der Waals surface area contributed by atoms with Gasteiger partial charge >= 0.3 is 0 Å². The summed E-state index contributed by atoms with van der Waals surface area (Å²) in [6.07, 6.45) is 8.56. The van der Waals surface area contributed by atoms with Gasteiger partial charge in [-0.25, -0.2) is 0 Å². The van der Waals surface area contributed by atoms with E-state index in [1.165, 1.54) is 38.5 Å². The fraction of sp³-hybridized carbons (Fsp3) is 1.00. The SMILES string of the molecule is CCCCC1CCCCC1(C)O. The Labute approximate surface area is 76.2 Å². The van der Waals surface area contributed by atoms with Crippen LogP contribution < -0.4 is 0 Å². The van der Waals surface area contributed by atoms with Gasteiger partial charge in [0.2, 0.25) is 0 Å². The van der Waals surface area contributed by atoms with Crippen LogP contribution in [0, 0.1) is 5.92 Å². The fourth-order valence-electron chi connectivity index (χ4n) is 2.29. The highest BCUT2D eigenvalue weighted by Gasteiger charge is 2.33. The first kappa shape index (κ1) is 10.0. The highest BCUT2D eigenvalue weighted by Crippen LogP contribution is 2.36. The number of aliphatic hydroxyl groups is 1. The van der Waals surface area contributed by atoms with Gasteiger partial charge in [0.1, 0.15) is 0 Å². The average molecular weight is 170 g/mol. The van der Waals surface area contributed by atoms with Crippen LogP contribution in [0.3, 0.4) is 0 Å². The molecule has 1 aliphatic rings. The summed E-state index contributed by atoms with van der Waals surface area (Å²) >= 11 is 0. The lowest BCUT2D eigenvalue weighted by molar-refractivity contribution is -0.0355. The smallest absolute Gasteiger partial charge is 0.0647 e. The Kier molecular flexibility index (Phi) is 3.57. The molecule has 0 heterocycles. The van der Waals surface area contributed by atoms with Crippen LogP contribution in [0.5, 0.6) is 0 Å². The third-order valence-electron chi connectivity index (χ3n) is 3.27. The van der Waals surface area contributed by atoms with Gasteiger partial charge in [-0.05, 0) is 32.1 Å². The van der Waals surface area contributed by atoms with Crippen molar-refractivity contribution < 1.29 is 5.11 Å². The molecule has 12 heavy (non-hydrogen) atoms. The van der Waals surface area contributed by atoms with E-state index in [0.29, 0.717) is 5.92 Å². The average Bonchev–Trinajstić information content (AvgIpc) is 2.02. The third-order valence-corrected chi connectivity index (χ3v) is 3.27. The molecule has 2 atom stereocenters. The van der Waals surface area contributed by atoms with Gasteiger partial charge in [0, 0.05) is 0 Å². The number of unbranched alkanes of at least 4 members (excludes halogenated alkanes) is 1. The number of hydrogen-bond acceptors (Lipinski definition) is 1. The molecule has 0 spiro atoms. The molecule has 72 valence electrons. The van der Waals surface area contributed by atoms with Gasteiger partial charge < -0.3 is 5.11 Å². The van der Waals surface area contributed by atoms with Crippen molar-refractivity contribution in [3.05, 3.63) is 0 Å². The molecular formula is C11H22O. The first-order valence-corrected chi connectivity index (χ1v) is 5.39. The Morgan fingerprint density at radius 2 is 2.17 bits per heavy atom. The summed E-state index contributed by atoms with van der Waals surface area (Å²) in [7, 11) is 0. The van der Waals surface area contributed by atoms with Gasteiger partial charge in [0.15, 0.2) is 0 Å². The van der Waals surface area contributed by atoms with E-state index in [1.54, 1.807) is 0 Å². The van der Waals surface area contributed by atoms with E-state index in [9.17, 15) is 5.11 Å². The number of hydrogen-bond donors (Lipinski definition) is 1. The summed E-state index contributed by atoms with van der Waals surface area (Å²) < 4.78 is 0. The van der Waals surface area contributed by atoms with Crippen molar-refractivity contribution in [3.63, 3.8) is 0 Å². The summed E-state index contributed by atoms with van der Waals surface area (Å²) in [5, 5.41) is 10.1. The Balaban J connectivity index is 2.37. The minimum absolute atomic E-state index is 0.354. The van der Waals surface area contributed by atoms with E-state index in [-0.39, 0.29) is 5.60 Å². The molecule has 1 rings (SSSR count). The van der Waals surface area contributed by atoms with E-state index in [0.717, 1.165) is 6.42 Å². The monoisotopic (exact) mass is 170 g/mol. The van der Waals surface area contributed by atoms with E-state index in [4.69, 9.17) is 0 Å². The molecule has 0 aromatic rings. The van der Waals surface area contributed by atoms with Crippen LogP contribution in [0.4, 0.5) is 0 Å². The first-order chi connectivity index (χ1) is 5.67. The molecule has 0 amide bonds. The molecule has 0 aromatic carbocycles. The van der Waals surface area contributed by atoms with Crippen molar-refractivity contribution in [2.75, 3.05) is 0 Å². The minimum Gasteiger partial charge on any atom is -0.390 e. The van der Waals surface area contributed by atoms with E-state index < -0.39 is 0 Å². The molecule has 0 radical (unpaired) electrons. The summed E-state index contributed by atoms with van der Waals surface area (Å²) in [5.41, 5.74) is -0.354. The van der Waals surface area contributed by atoms with Crippen LogP contribution in [0.15, 0.2) is 0 Å². The van der Waals surface area contributed by atoms with Crippen LogP contribution >= 0.6 is 0 Å². The van der Waals surface area contributed by atoms with Crippen LogP contribution in [0.1, 0.15) is 58.8 Å². The largest absolute Gasteiger partial charge is 0.390 e. The standard InChI is InChI=1S/C11H22O/c1-3-4-7-10-8-5-6-9-11(10,2)12/h10,12H,3-9H2,1-2H3. The predicted molar refractivity (Wildman–Crippen MR) is 52.1 cm³/mol. The molecule has 1 fully saturated rings. The first-order valence-electron chi connectivity index (χ1n) is 5.39. The van der Waals surface area contributed by atoms with Gasteiger partial charge in [0.25, 0.3) is 0 Å². The van der Waals surface area contributed by atoms with Crippen molar-refractivity contribution in [1.82, 2.24) is 0 Å². The lowest BCUT2D eigenvalue weighted by atomic mass is 9.74. The second-order valence-corrected chi connectivity index (χ2v) is 4.44. The molecule has 1 N–H and O–H groups in total. The summed E-state index contributed by atoms with van der Waals surface area (Å²) in [4.78, 5) is 0. The van der Waals surface area contributed by atoms with E-state index >= 15 is 0 Å². The lowest BCUT2D eigenvalue weighted by Crippen LogP contribution is -2.37. The van der Waals surface area contributed by atoms with Crippen molar-refractivity contribution in [2.24, 2.45) is 5.92 Å². The molecule has 2 unspecified atom stereocenters. The maximum atomic E-state index is 10.1. The van der Waals surface area contributed by atoms with Crippen LogP contribution in [0.2, 0.25) is 0 Å². The maximum Gasteiger partial charge on any atom is 0.0647 e. The van der Waals surface area contributed by atoms with Crippen molar-refractivity contribution in [1.29, 1.82) is 0 Å². The highest BCUT2D eigenvalue weighted by atomic mass is 16.3. The lowest BCUT2D eigenvalue weighted by Gasteiger charge is -2.37.